The molecule has 0 heterocycles. The van der Waals surface area contributed by atoms with Gasteiger partial charge in [-0.25, -0.2) is 0 Å². The van der Waals surface area contributed by atoms with Crippen molar-refractivity contribution in [2.45, 2.75) is 13.0 Å². The maximum atomic E-state index is 6.19. The van der Waals surface area contributed by atoms with Gasteiger partial charge in [0.25, 0.3) is 0 Å². The molecule has 106 valence electrons. The highest BCUT2D eigenvalue weighted by Gasteiger charge is 2.06. The Hall–Kier alpha value is -1.51. The van der Waals surface area contributed by atoms with Gasteiger partial charge in [-0.15, -0.1) is 0 Å². The van der Waals surface area contributed by atoms with Crippen molar-refractivity contribution < 1.29 is 4.74 Å². The van der Waals surface area contributed by atoms with E-state index in [4.69, 9.17) is 16.3 Å². The monoisotopic (exact) mass is 289 g/mol. The fourth-order valence-electron chi connectivity index (χ4n) is 2.22. The van der Waals surface area contributed by atoms with Gasteiger partial charge in [-0.2, -0.15) is 0 Å². The standard InChI is InChI=1S/C17H20ClNO/c1-19(13-15-8-3-5-9-16(15)18)12-11-14-7-4-6-10-17(14)20-2/h3-10H,11-13H2,1-2H3. The second kappa shape index (κ2) is 7.32. The van der Waals surface area contributed by atoms with Crippen LogP contribution in [0.4, 0.5) is 0 Å². The summed E-state index contributed by atoms with van der Waals surface area (Å²) in [6.45, 7) is 1.82. The van der Waals surface area contributed by atoms with Crippen molar-refractivity contribution in [3.05, 3.63) is 64.7 Å². The molecular formula is C17H20ClNO. The molecular weight excluding hydrogens is 270 g/mol. The molecule has 0 unspecified atom stereocenters. The van der Waals surface area contributed by atoms with Crippen molar-refractivity contribution in [1.82, 2.24) is 4.90 Å². The Kier molecular flexibility index (Phi) is 5.45. The van der Waals surface area contributed by atoms with Crippen molar-refractivity contribution in [2.24, 2.45) is 0 Å². The summed E-state index contributed by atoms with van der Waals surface area (Å²) in [6, 6.07) is 16.1. The zero-order valence-corrected chi connectivity index (χ0v) is 12.7. The molecule has 20 heavy (non-hydrogen) atoms. The SMILES string of the molecule is COc1ccccc1CCN(C)Cc1ccccc1Cl. The van der Waals surface area contributed by atoms with E-state index in [1.54, 1.807) is 7.11 Å². The molecule has 0 aromatic heterocycles. The van der Waals surface area contributed by atoms with Gasteiger partial charge in [0.15, 0.2) is 0 Å². The molecule has 0 N–H and O–H groups in total. The van der Waals surface area contributed by atoms with Crippen LogP contribution in [0.1, 0.15) is 11.1 Å². The molecule has 2 rings (SSSR count). The summed E-state index contributed by atoms with van der Waals surface area (Å²) in [5.74, 6) is 0.957. The summed E-state index contributed by atoms with van der Waals surface area (Å²) < 4.78 is 5.38. The van der Waals surface area contributed by atoms with Crippen LogP contribution in [0.3, 0.4) is 0 Å². The molecule has 0 fully saturated rings. The first kappa shape index (κ1) is 14.9. The Morgan fingerprint density at radius 1 is 1.00 bits per heavy atom. The number of hydrogen-bond donors (Lipinski definition) is 0. The van der Waals surface area contributed by atoms with E-state index in [0.29, 0.717) is 0 Å². The van der Waals surface area contributed by atoms with Crippen LogP contribution in [0.25, 0.3) is 0 Å². The van der Waals surface area contributed by atoms with E-state index >= 15 is 0 Å². The summed E-state index contributed by atoms with van der Waals surface area (Å²) in [5.41, 5.74) is 2.40. The average Bonchev–Trinajstić information content (AvgIpc) is 2.48. The van der Waals surface area contributed by atoms with E-state index in [9.17, 15) is 0 Å². The number of methoxy groups -OCH3 is 1. The van der Waals surface area contributed by atoms with Gasteiger partial charge in [0.1, 0.15) is 5.75 Å². The minimum atomic E-state index is 0.830. The van der Waals surface area contributed by atoms with Gasteiger partial charge in [0.2, 0.25) is 0 Å². The van der Waals surface area contributed by atoms with Crippen LogP contribution in [0.2, 0.25) is 5.02 Å². The molecule has 0 radical (unpaired) electrons. The quantitative estimate of drug-likeness (QED) is 0.796. The third-order valence-corrected chi connectivity index (χ3v) is 3.72. The van der Waals surface area contributed by atoms with Gasteiger partial charge in [0.05, 0.1) is 7.11 Å². The van der Waals surface area contributed by atoms with E-state index in [1.807, 2.05) is 36.4 Å². The topological polar surface area (TPSA) is 12.5 Å². The zero-order valence-electron chi connectivity index (χ0n) is 12.0. The summed E-state index contributed by atoms with van der Waals surface area (Å²) in [4.78, 5) is 2.27. The molecule has 0 atom stereocenters. The first-order chi connectivity index (χ1) is 9.70. The number of likely N-dealkylation sites (N-methyl/N-ethyl adjacent to an activating group) is 1. The number of halogens is 1. The van der Waals surface area contributed by atoms with Crippen molar-refractivity contribution in [2.75, 3.05) is 20.7 Å². The van der Waals surface area contributed by atoms with Crippen LogP contribution in [-0.2, 0) is 13.0 Å². The first-order valence-corrected chi connectivity index (χ1v) is 7.12. The minimum absolute atomic E-state index is 0.830. The molecule has 0 spiro atoms. The van der Waals surface area contributed by atoms with Crippen LogP contribution >= 0.6 is 11.6 Å². The lowest BCUT2D eigenvalue weighted by atomic mass is 10.1. The number of benzene rings is 2. The average molecular weight is 290 g/mol. The zero-order chi connectivity index (χ0) is 14.4. The molecule has 3 heteroatoms. The lowest BCUT2D eigenvalue weighted by molar-refractivity contribution is 0.328. The molecule has 0 bridgehead atoms. The molecule has 0 saturated carbocycles. The van der Waals surface area contributed by atoms with Gasteiger partial charge in [-0.1, -0.05) is 48.0 Å². The lowest BCUT2D eigenvalue weighted by Gasteiger charge is -2.18. The highest BCUT2D eigenvalue weighted by atomic mass is 35.5. The Labute approximate surface area is 125 Å². The molecule has 0 aliphatic heterocycles. The smallest absolute Gasteiger partial charge is 0.122 e. The van der Waals surface area contributed by atoms with Crippen molar-refractivity contribution >= 4 is 11.6 Å². The molecule has 0 amide bonds. The van der Waals surface area contributed by atoms with E-state index in [-0.39, 0.29) is 0 Å². The summed E-state index contributed by atoms with van der Waals surface area (Å²) in [6.07, 6.45) is 0.963. The maximum Gasteiger partial charge on any atom is 0.122 e. The van der Waals surface area contributed by atoms with Crippen LogP contribution < -0.4 is 4.74 Å². The van der Waals surface area contributed by atoms with E-state index < -0.39 is 0 Å². The third kappa shape index (κ3) is 3.99. The number of rotatable bonds is 6. The second-order valence-electron chi connectivity index (χ2n) is 4.89. The Morgan fingerprint density at radius 3 is 2.35 bits per heavy atom. The lowest BCUT2D eigenvalue weighted by Crippen LogP contribution is -2.21. The fourth-order valence-corrected chi connectivity index (χ4v) is 2.41. The Morgan fingerprint density at radius 2 is 1.65 bits per heavy atom. The summed E-state index contributed by atoms with van der Waals surface area (Å²) in [5, 5.41) is 0.830. The van der Waals surface area contributed by atoms with Crippen molar-refractivity contribution in [3.63, 3.8) is 0 Å². The maximum absolute atomic E-state index is 6.19. The van der Waals surface area contributed by atoms with E-state index in [0.717, 1.165) is 35.8 Å². The predicted molar refractivity (Wildman–Crippen MR) is 84.5 cm³/mol. The van der Waals surface area contributed by atoms with Crippen LogP contribution in [0.15, 0.2) is 48.5 Å². The van der Waals surface area contributed by atoms with Crippen molar-refractivity contribution in [1.29, 1.82) is 0 Å². The largest absolute Gasteiger partial charge is 0.496 e. The minimum Gasteiger partial charge on any atom is -0.496 e. The third-order valence-electron chi connectivity index (χ3n) is 3.35. The molecule has 2 nitrogen and oxygen atoms in total. The molecule has 0 aliphatic carbocycles. The predicted octanol–water partition coefficient (Wildman–Crippen LogP) is 4.02. The van der Waals surface area contributed by atoms with Crippen LogP contribution in [0.5, 0.6) is 5.75 Å². The highest BCUT2D eigenvalue weighted by Crippen LogP contribution is 2.19. The molecule has 0 saturated heterocycles. The van der Waals surface area contributed by atoms with Crippen molar-refractivity contribution in [3.8, 4) is 5.75 Å². The van der Waals surface area contributed by atoms with Gasteiger partial charge >= 0.3 is 0 Å². The second-order valence-corrected chi connectivity index (χ2v) is 5.30. The number of nitrogens with zero attached hydrogens (tertiary/aromatic N) is 1. The van der Waals surface area contributed by atoms with Gasteiger partial charge in [-0.05, 0) is 36.7 Å². The normalized spacial score (nSPS) is 10.8. The fraction of sp³-hybridized carbons (Fsp3) is 0.294. The van der Waals surface area contributed by atoms with Gasteiger partial charge in [-0.3, -0.25) is 0 Å². The van der Waals surface area contributed by atoms with Gasteiger partial charge in [0, 0.05) is 18.1 Å². The van der Waals surface area contributed by atoms with Crippen LogP contribution in [0, 0.1) is 0 Å². The Bertz CT molecular complexity index is 556. The first-order valence-electron chi connectivity index (χ1n) is 6.74. The number of ether oxygens (including phenoxy) is 1. The van der Waals surface area contributed by atoms with E-state index in [1.165, 1.54) is 5.56 Å². The Balaban J connectivity index is 1.92. The van der Waals surface area contributed by atoms with Crippen LogP contribution in [-0.4, -0.2) is 25.6 Å². The highest BCUT2D eigenvalue weighted by molar-refractivity contribution is 6.31. The molecule has 0 aliphatic rings. The summed E-state index contributed by atoms with van der Waals surface area (Å²) >= 11 is 6.19. The molecule has 2 aromatic rings. The molecule has 2 aromatic carbocycles. The van der Waals surface area contributed by atoms with Gasteiger partial charge < -0.3 is 9.64 Å². The number of para-hydroxylation sites is 1. The summed E-state index contributed by atoms with van der Waals surface area (Å²) in [7, 11) is 3.82. The number of hydrogen-bond acceptors (Lipinski definition) is 2. The van der Waals surface area contributed by atoms with E-state index in [2.05, 4.69) is 24.1 Å².